The lowest BCUT2D eigenvalue weighted by Crippen LogP contribution is -2.49. The number of hydrogen-bond acceptors (Lipinski definition) is 9. The van der Waals surface area contributed by atoms with Crippen molar-refractivity contribution in [1.29, 1.82) is 5.26 Å². The maximum atomic E-state index is 12.9. The van der Waals surface area contributed by atoms with Gasteiger partial charge in [-0.05, 0) is 40.2 Å². The summed E-state index contributed by atoms with van der Waals surface area (Å²) in [5.74, 6) is 1.05. The lowest BCUT2D eigenvalue weighted by Gasteiger charge is -2.34. The number of furan rings is 1. The number of piperazine rings is 1. The van der Waals surface area contributed by atoms with E-state index in [1.807, 2.05) is 17.0 Å². The fraction of sp³-hybridized carbons (Fsp3) is 0.200. The number of rotatable bonds is 4. The van der Waals surface area contributed by atoms with Gasteiger partial charge in [-0.3, -0.25) is 4.79 Å². The third-order valence-corrected chi connectivity index (χ3v) is 7.44. The molecule has 1 aliphatic heterocycles. The van der Waals surface area contributed by atoms with Crippen molar-refractivity contribution in [2.75, 3.05) is 31.1 Å². The monoisotopic (exact) mass is 515 g/mol. The molecule has 4 aromatic heterocycles. The van der Waals surface area contributed by atoms with Crippen LogP contribution >= 0.6 is 38.6 Å². The van der Waals surface area contributed by atoms with Crippen molar-refractivity contribution in [3.8, 4) is 27.6 Å². The van der Waals surface area contributed by atoms with Crippen LogP contribution in [0.1, 0.15) is 16.2 Å². The average Bonchev–Trinajstić information content (AvgIpc) is 3.59. The van der Waals surface area contributed by atoms with Crippen LogP contribution in [0, 0.1) is 11.3 Å². The maximum Gasteiger partial charge on any atom is 0.273 e. The minimum absolute atomic E-state index is 0.0906. The quantitative estimate of drug-likeness (QED) is 0.387. The van der Waals surface area contributed by atoms with Crippen LogP contribution in [-0.2, 0) is 0 Å². The Labute approximate surface area is 193 Å². The molecule has 0 saturated carbocycles. The number of nitrogens with zero attached hydrogens (tertiary/aromatic N) is 5. The van der Waals surface area contributed by atoms with E-state index in [9.17, 15) is 10.1 Å². The van der Waals surface area contributed by atoms with Gasteiger partial charge in [-0.2, -0.15) is 10.2 Å². The highest BCUT2D eigenvalue weighted by molar-refractivity contribution is 9.11. The molecule has 4 aromatic rings. The first-order chi connectivity index (χ1) is 15.1. The molecule has 1 aliphatic rings. The molecular weight excluding hydrogens is 502 g/mol. The number of carbonyl (C=O) groups excluding carboxylic acids is 1. The molecule has 0 N–H and O–H groups in total. The van der Waals surface area contributed by atoms with Crippen molar-refractivity contribution < 1.29 is 13.6 Å². The number of thiazole rings is 1. The first-order valence-corrected chi connectivity index (χ1v) is 11.8. The molecular formula is C20H14BrN5O3S2. The molecule has 0 aliphatic carbocycles. The van der Waals surface area contributed by atoms with Gasteiger partial charge in [-0.1, -0.05) is 0 Å². The topological polar surface area (TPSA) is 99.4 Å². The van der Waals surface area contributed by atoms with Gasteiger partial charge in [0.25, 0.3) is 11.8 Å². The summed E-state index contributed by atoms with van der Waals surface area (Å²) in [6.45, 7) is 2.06. The van der Waals surface area contributed by atoms with Crippen molar-refractivity contribution in [2.45, 2.75) is 0 Å². The number of hydrogen-bond donors (Lipinski definition) is 0. The van der Waals surface area contributed by atoms with Gasteiger partial charge in [0.1, 0.15) is 16.8 Å². The number of aromatic nitrogens is 2. The van der Waals surface area contributed by atoms with E-state index in [1.54, 1.807) is 33.7 Å². The van der Waals surface area contributed by atoms with Gasteiger partial charge in [0.15, 0.2) is 5.76 Å². The summed E-state index contributed by atoms with van der Waals surface area (Å²) < 4.78 is 12.1. The number of carbonyl (C=O) groups is 1. The number of amides is 1. The Morgan fingerprint density at radius 3 is 2.71 bits per heavy atom. The Morgan fingerprint density at radius 1 is 1.19 bits per heavy atom. The van der Waals surface area contributed by atoms with Crippen LogP contribution < -0.4 is 4.90 Å². The van der Waals surface area contributed by atoms with Crippen LogP contribution in [0.25, 0.3) is 21.5 Å². The van der Waals surface area contributed by atoms with Gasteiger partial charge in [0.2, 0.25) is 11.6 Å². The van der Waals surface area contributed by atoms with Crippen LogP contribution in [0.5, 0.6) is 0 Å². The normalized spacial score (nSPS) is 14.1. The first-order valence-electron chi connectivity index (χ1n) is 9.32. The SMILES string of the molecule is N#Cc1nc(-c2ccco2)oc1N1CCN(C(=O)c2csc(-c3ccc(Br)s3)n2)CC1. The van der Waals surface area contributed by atoms with E-state index < -0.39 is 0 Å². The second-order valence-electron chi connectivity index (χ2n) is 6.68. The molecule has 1 saturated heterocycles. The van der Waals surface area contributed by atoms with Gasteiger partial charge < -0.3 is 18.6 Å². The van der Waals surface area contributed by atoms with E-state index in [0.717, 1.165) is 13.7 Å². The zero-order chi connectivity index (χ0) is 21.4. The Hall–Kier alpha value is -2.94. The van der Waals surface area contributed by atoms with Crippen LogP contribution in [0.4, 0.5) is 5.88 Å². The van der Waals surface area contributed by atoms with Gasteiger partial charge in [0, 0.05) is 31.6 Å². The van der Waals surface area contributed by atoms with E-state index in [2.05, 4.69) is 32.0 Å². The van der Waals surface area contributed by atoms with Crippen molar-refractivity contribution >= 4 is 50.4 Å². The molecule has 8 nitrogen and oxygen atoms in total. The van der Waals surface area contributed by atoms with E-state index in [1.165, 1.54) is 17.6 Å². The minimum atomic E-state index is -0.0906. The van der Waals surface area contributed by atoms with Gasteiger partial charge in [-0.25, -0.2) is 4.98 Å². The zero-order valence-corrected chi connectivity index (χ0v) is 19.2. The summed E-state index contributed by atoms with van der Waals surface area (Å²) in [4.78, 5) is 26.4. The standard InChI is InChI=1S/C20H14BrN5O3S2/c21-16-4-3-15(31-16)18-24-13(11-30-18)19(27)25-5-7-26(8-6-25)20-12(10-22)23-17(29-20)14-2-1-9-28-14/h1-4,9,11H,5-8H2. The molecule has 31 heavy (non-hydrogen) atoms. The van der Waals surface area contributed by atoms with E-state index in [4.69, 9.17) is 8.83 Å². The molecule has 0 bridgehead atoms. The van der Waals surface area contributed by atoms with Crippen molar-refractivity contribution in [3.05, 3.63) is 51.1 Å². The molecule has 156 valence electrons. The summed E-state index contributed by atoms with van der Waals surface area (Å²) in [6.07, 6.45) is 1.52. The summed E-state index contributed by atoms with van der Waals surface area (Å²) in [6, 6.07) is 9.49. The highest BCUT2D eigenvalue weighted by Crippen LogP contribution is 2.33. The summed E-state index contributed by atoms with van der Waals surface area (Å²) >= 11 is 6.51. The Bertz CT molecular complexity index is 1260. The minimum Gasteiger partial charge on any atom is -0.459 e. The summed E-state index contributed by atoms with van der Waals surface area (Å²) in [5, 5.41) is 12.1. The zero-order valence-electron chi connectivity index (χ0n) is 15.9. The third-order valence-electron chi connectivity index (χ3n) is 4.81. The molecule has 5 heterocycles. The van der Waals surface area contributed by atoms with Crippen molar-refractivity contribution in [3.63, 3.8) is 0 Å². The molecule has 0 aromatic carbocycles. The van der Waals surface area contributed by atoms with Crippen LogP contribution in [0.2, 0.25) is 0 Å². The highest BCUT2D eigenvalue weighted by Gasteiger charge is 2.28. The molecule has 0 radical (unpaired) electrons. The van der Waals surface area contributed by atoms with E-state index in [0.29, 0.717) is 43.5 Å². The van der Waals surface area contributed by atoms with E-state index >= 15 is 0 Å². The first kappa shape index (κ1) is 20.0. The lowest BCUT2D eigenvalue weighted by molar-refractivity contribution is 0.0740. The number of anilines is 1. The Balaban J connectivity index is 1.27. The van der Waals surface area contributed by atoms with Crippen LogP contribution in [0.15, 0.2) is 48.5 Å². The van der Waals surface area contributed by atoms with Crippen LogP contribution in [0.3, 0.4) is 0 Å². The largest absolute Gasteiger partial charge is 0.459 e. The highest BCUT2D eigenvalue weighted by atomic mass is 79.9. The Kier molecular flexibility index (Phi) is 5.35. The fourth-order valence-electron chi connectivity index (χ4n) is 3.29. The van der Waals surface area contributed by atoms with Gasteiger partial charge in [0.05, 0.1) is 14.9 Å². The molecule has 1 fully saturated rings. The molecule has 11 heteroatoms. The second-order valence-corrected chi connectivity index (χ2v) is 10.0. The molecule has 0 atom stereocenters. The molecule has 0 spiro atoms. The smallest absolute Gasteiger partial charge is 0.273 e. The number of thiophene rings is 1. The van der Waals surface area contributed by atoms with Gasteiger partial charge >= 0.3 is 0 Å². The number of nitriles is 1. The fourth-order valence-corrected chi connectivity index (χ4v) is 5.55. The molecule has 5 rings (SSSR count). The van der Waals surface area contributed by atoms with Crippen molar-refractivity contribution in [2.24, 2.45) is 0 Å². The summed E-state index contributed by atoms with van der Waals surface area (Å²) in [7, 11) is 0. The van der Waals surface area contributed by atoms with E-state index in [-0.39, 0.29) is 17.5 Å². The Morgan fingerprint density at radius 2 is 2.03 bits per heavy atom. The maximum absolute atomic E-state index is 12.9. The molecule has 1 amide bonds. The van der Waals surface area contributed by atoms with Gasteiger partial charge in [-0.15, -0.1) is 22.7 Å². The molecule has 0 unspecified atom stereocenters. The summed E-state index contributed by atoms with van der Waals surface area (Å²) in [5.41, 5.74) is 0.660. The third kappa shape index (κ3) is 3.89. The number of halogens is 1. The lowest BCUT2D eigenvalue weighted by atomic mass is 10.3. The predicted molar refractivity (Wildman–Crippen MR) is 120 cm³/mol. The number of oxazole rings is 1. The van der Waals surface area contributed by atoms with Crippen molar-refractivity contribution in [1.82, 2.24) is 14.9 Å². The second kappa shape index (κ2) is 8.30. The van der Waals surface area contributed by atoms with Crippen LogP contribution in [-0.4, -0.2) is 47.0 Å². The average molecular weight is 516 g/mol. The predicted octanol–water partition coefficient (Wildman–Crippen LogP) is 4.72.